The van der Waals surface area contributed by atoms with Gasteiger partial charge in [-0.1, -0.05) is 18.2 Å². The van der Waals surface area contributed by atoms with E-state index in [0.717, 1.165) is 5.75 Å². The highest BCUT2D eigenvalue weighted by atomic mass is 16.5. The normalized spacial score (nSPS) is 14.9. The van der Waals surface area contributed by atoms with Crippen molar-refractivity contribution in [1.29, 1.82) is 0 Å². The van der Waals surface area contributed by atoms with Gasteiger partial charge in [-0.3, -0.25) is 9.59 Å². The third-order valence-corrected chi connectivity index (χ3v) is 4.68. The molecule has 0 radical (unpaired) electrons. The second-order valence-corrected chi connectivity index (χ2v) is 6.47. The van der Waals surface area contributed by atoms with Gasteiger partial charge in [-0.05, 0) is 37.1 Å². The summed E-state index contributed by atoms with van der Waals surface area (Å²) in [7, 11) is 1.80. The molecule has 1 aliphatic rings. The summed E-state index contributed by atoms with van der Waals surface area (Å²) in [6, 6.07) is 12.9. The van der Waals surface area contributed by atoms with Crippen LogP contribution in [0.3, 0.4) is 0 Å². The van der Waals surface area contributed by atoms with E-state index in [-0.39, 0.29) is 17.7 Å². The molecule has 0 N–H and O–H groups in total. The largest absolute Gasteiger partial charge is 0.492 e. The van der Waals surface area contributed by atoms with Crippen molar-refractivity contribution in [2.75, 3.05) is 33.3 Å². The van der Waals surface area contributed by atoms with Gasteiger partial charge in [0.2, 0.25) is 5.91 Å². The minimum absolute atomic E-state index is 0.0441. The molecule has 0 saturated carbocycles. The summed E-state index contributed by atoms with van der Waals surface area (Å²) < 4.78 is 10.8. The van der Waals surface area contributed by atoms with Gasteiger partial charge in [0.25, 0.3) is 5.91 Å². The molecular formula is C20H24N2O4. The summed E-state index contributed by atoms with van der Waals surface area (Å²) in [5.74, 6) is 1.12. The van der Waals surface area contributed by atoms with E-state index < -0.39 is 0 Å². The Labute approximate surface area is 153 Å². The van der Waals surface area contributed by atoms with Gasteiger partial charge in [0, 0.05) is 26.1 Å². The van der Waals surface area contributed by atoms with Crippen molar-refractivity contribution in [3.63, 3.8) is 0 Å². The van der Waals surface area contributed by atoms with Crippen LogP contribution in [-0.4, -0.2) is 54.9 Å². The third kappa shape index (κ3) is 4.45. The topological polar surface area (TPSA) is 63.0 Å². The van der Waals surface area contributed by atoms with Gasteiger partial charge in [-0.15, -0.1) is 0 Å². The summed E-state index contributed by atoms with van der Waals surface area (Å²) >= 11 is 0. The van der Waals surface area contributed by atoms with E-state index in [1.54, 1.807) is 29.0 Å². The van der Waals surface area contributed by atoms with Crippen LogP contribution in [0.5, 0.6) is 5.75 Å². The highest BCUT2D eigenvalue weighted by Gasteiger charge is 2.30. The molecule has 0 aliphatic carbocycles. The lowest BCUT2D eigenvalue weighted by molar-refractivity contribution is -0.135. The molecule has 1 saturated heterocycles. The van der Waals surface area contributed by atoms with Gasteiger partial charge in [-0.25, -0.2) is 0 Å². The summed E-state index contributed by atoms with van der Waals surface area (Å²) in [6.45, 7) is 2.15. The maximum atomic E-state index is 12.6. The summed E-state index contributed by atoms with van der Waals surface area (Å²) in [5.41, 5.74) is 0. The molecule has 0 unspecified atom stereocenters. The van der Waals surface area contributed by atoms with Crippen LogP contribution in [0.4, 0.5) is 0 Å². The Hall–Kier alpha value is -2.76. The monoisotopic (exact) mass is 356 g/mol. The lowest BCUT2D eigenvalue weighted by Gasteiger charge is -2.32. The van der Waals surface area contributed by atoms with Crippen molar-refractivity contribution in [3.8, 4) is 5.75 Å². The number of likely N-dealkylation sites (N-methyl/N-ethyl adjacent to an activating group) is 1. The first-order valence-electron chi connectivity index (χ1n) is 8.91. The summed E-state index contributed by atoms with van der Waals surface area (Å²) in [6.07, 6.45) is 2.85. The average molecular weight is 356 g/mol. The molecule has 2 aromatic rings. The Balaban J connectivity index is 1.42. The van der Waals surface area contributed by atoms with Gasteiger partial charge in [0.15, 0.2) is 5.76 Å². The maximum absolute atomic E-state index is 12.6. The lowest BCUT2D eigenvalue weighted by Crippen LogP contribution is -2.44. The van der Waals surface area contributed by atoms with Crippen LogP contribution in [0.1, 0.15) is 23.4 Å². The van der Waals surface area contributed by atoms with Gasteiger partial charge < -0.3 is 19.0 Å². The minimum atomic E-state index is -0.106. The first kappa shape index (κ1) is 18.0. The number of piperidine rings is 1. The van der Waals surface area contributed by atoms with E-state index in [1.807, 2.05) is 30.3 Å². The lowest BCUT2D eigenvalue weighted by atomic mass is 9.95. The number of benzene rings is 1. The standard InChI is InChI=1S/C20H24N2O4/c1-21(13-15-25-17-6-3-2-4-7-17)19(23)16-9-11-22(12-10-16)20(24)18-8-5-14-26-18/h2-8,14,16H,9-13,15H2,1H3. The number of hydrogen-bond acceptors (Lipinski definition) is 4. The highest BCUT2D eigenvalue weighted by Crippen LogP contribution is 2.21. The van der Waals surface area contributed by atoms with E-state index in [4.69, 9.17) is 9.15 Å². The third-order valence-electron chi connectivity index (χ3n) is 4.68. The fourth-order valence-corrected chi connectivity index (χ4v) is 3.12. The van der Waals surface area contributed by atoms with Crippen molar-refractivity contribution >= 4 is 11.8 Å². The second kappa shape index (κ2) is 8.56. The van der Waals surface area contributed by atoms with Crippen molar-refractivity contribution < 1.29 is 18.7 Å². The maximum Gasteiger partial charge on any atom is 0.289 e. The minimum Gasteiger partial charge on any atom is -0.492 e. The van der Waals surface area contributed by atoms with Crippen molar-refractivity contribution in [3.05, 3.63) is 54.5 Å². The Kier molecular flexibility index (Phi) is 5.94. The molecule has 6 nitrogen and oxygen atoms in total. The first-order valence-corrected chi connectivity index (χ1v) is 8.91. The number of nitrogens with zero attached hydrogens (tertiary/aromatic N) is 2. The average Bonchev–Trinajstić information content (AvgIpc) is 3.22. The molecule has 0 bridgehead atoms. The molecule has 6 heteroatoms. The van der Waals surface area contributed by atoms with Gasteiger partial charge in [-0.2, -0.15) is 0 Å². The van der Waals surface area contributed by atoms with Gasteiger partial charge in [0.1, 0.15) is 12.4 Å². The number of para-hydroxylation sites is 1. The van der Waals surface area contributed by atoms with E-state index in [1.165, 1.54) is 6.26 Å². The number of carbonyl (C=O) groups is 2. The summed E-state index contributed by atoms with van der Waals surface area (Å²) in [4.78, 5) is 28.3. The Morgan fingerprint density at radius 2 is 1.88 bits per heavy atom. The van der Waals surface area contributed by atoms with Crippen LogP contribution in [-0.2, 0) is 4.79 Å². The fraction of sp³-hybridized carbons (Fsp3) is 0.400. The van der Waals surface area contributed by atoms with Crippen LogP contribution in [0.15, 0.2) is 53.1 Å². The zero-order chi connectivity index (χ0) is 18.4. The molecule has 0 atom stereocenters. The molecule has 1 fully saturated rings. The van der Waals surface area contributed by atoms with E-state index >= 15 is 0 Å². The predicted octanol–water partition coefficient (Wildman–Crippen LogP) is 2.67. The Bertz CT molecular complexity index is 707. The number of carbonyl (C=O) groups excluding carboxylic acids is 2. The molecule has 2 heterocycles. The number of ether oxygens (including phenoxy) is 1. The van der Waals surface area contributed by atoms with Crippen LogP contribution in [0, 0.1) is 5.92 Å². The van der Waals surface area contributed by atoms with Crippen LogP contribution in [0.25, 0.3) is 0 Å². The van der Waals surface area contributed by atoms with Crippen LogP contribution in [0.2, 0.25) is 0 Å². The van der Waals surface area contributed by atoms with Crippen molar-refractivity contribution in [2.24, 2.45) is 5.92 Å². The number of rotatable bonds is 6. The SMILES string of the molecule is CN(CCOc1ccccc1)C(=O)C1CCN(C(=O)c2ccco2)CC1. The first-order chi connectivity index (χ1) is 12.6. The Morgan fingerprint density at radius 3 is 2.54 bits per heavy atom. The molecule has 1 aromatic carbocycles. The number of hydrogen-bond donors (Lipinski definition) is 0. The molecule has 26 heavy (non-hydrogen) atoms. The predicted molar refractivity (Wildman–Crippen MR) is 96.9 cm³/mol. The molecule has 2 amide bonds. The fourth-order valence-electron chi connectivity index (χ4n) is 3.12. The second-order valence-electron chi connectivity index (χ2n) is 6.47. The van der Waals surface area contributed by atoms with Gasteiger partial charge in [0.05, 0.1) is 12.8 Å². The molecule has 0 spiro atoms. The zero-order valence-corrected chi connectivity index (χ0v) is 15.0. The molecule has 1 aliphatic heterocycles. The van der Waals surface area contributed by atoms with Gasteiger partial charge >= 0.3 is 0 Å². The van der Waals surface area contributed by atoms with E-state index in [9.17, 15) is 9.59 Å². The number of furan rings is 1. The molecule has 138 valence electrons. The zero-order valence-electron chi connectivity index (χ0n) is 15.0. The van der Waals surface area contributed by atoms with Crippen molar-refractivity contribution in [2.45, 2.75) is 12.8 Å². The number of likely N-dealkylation sites (tertiary alicyclic amines) is 1. The van der Waals surface area contributed by atoms with E-state index in [2.05, 4.69) is 0 Å². The number of amides is 2. The smallest absolute Gasteiger partial charge is 0.289 e. The molecule has 1 aromatic heterocycles. The van der Waals surface area contributed by atoms with E-state index in [0.29, 0.717) is 44.8 Å². The van der Waals surface area contributed by atoms with Crippen LogP contribution < -0.4 is 4.74 Å². The highest BCUT2D eigenvalue weighted by molar-refractivity contribution is 5.91. The molecule has 3 rings (SSSR count). The summed E-state index contributed by atoms with van der Waals surface area (Å²) in [5, 5.41) is 0. The molecular weight excluding hydrogens is 332 g/mol. The van der Waals surface area contributed by atoms with Crippen molar-refractivity contribution in [1.82, 2.24) is 9.80 Å². The van der Waals surface area contributed by atoms with Crippen LogP contribution >= 0.6 is 0 Å². The Morgan fingerprint density at radius 1 is 1.15 bits per heavy atom. The quantitative estimate of drug-likeness (QED) is 0.798.